The van der Waals surface area contributed by atoms with E-state index in [2.05, 4.69) is 9.98 Å². The van der Waals surface area contributed by atoms with E-state index in [1.807, 2.05) is 0 Å². The number of aromatic nitrogens is 1. The van der Waals surface area contributed by atoms with Gasteiger partial charge in [-0.25, -0.2) is 9.79 Å². The van der Waals surface area contributed by atoms with Gasteiger partial charge in [0.25, 0.3) is 5.69 Å². The second kappa shape index (κ2) is 5.98. The normalized spacial score (nSPS) is 15.4. The Morgan fingerprint density at radius 1 is 1.30 bits per heavy atom. The lowest BCUT2D eigenvalue weighted by Gasteiger charge is -2.00. The number of halogens is 1. The Balaban J connectivity index is 1.97. The van der Waals surface area contributed by atoms with Crippen LogP contribution < -0.4 is 0 Å². The minimum atomic E-state index is -0.638. The quantitative estimate of drug-likeness (QED) is 0.373. The van der Waals surface area contributed by atoms with Crippen LogP contribution in [0.4, 0.5) is 5.69 Å². The summed E-state index contributed by atoms with van der Waals surface area (Å²) < 4.78 is 5.06. The molecule has 0 N–H and O–H groups in total. The van der Waals surface area contributed by atoms with E-state index in [1.165, 1.54) is 24.3 Å². The maximum Gasteiger partial charge on any atom is 0.363 e. The van der Waals surface area contributed by atoms with E-state index in [0.29, 0.717) is 11.1 Å². The van der Waals surface area contributed by atoms with Gasteiger partial charge in [-0.2, -0.15) is 0 Å². The van der Waals surface area contributed by atoms with Crippen LogP contribution in [0.25, 0.3) is 6.08 Å². The minimum Gasteiger partial charge on any atom is -0.402 e. The fourth-order valence-electron chi connectivity index (χ4n) is 1.94. The molecule has 7 nitrogen and oxygen atoms in total. The summed E-state index contributed by atoms with van der Waals surface area (Å²) in [6.07, 6.45) is 4.70. The van der Waals surface area contributed by atoms with Gasteiger partial charge in [0.2, 0.25) is 5.90 Å². The lowest BCUT2D eigenvalue weighted by Crippen LogP contribution is -2.06. The van der Waals surface area contributed by atoms with Crippen molar-refractivity contribution >= 4 is 35.2 Å². The molecule has 3 rings (SSSR count). The summed E-state index contributed by atoms with van der Waals surface area (Å²) in [5.41, 5.74) is 0.786. The van der Waals surface area contributed by atoms with Gasteiger partial charge >= 0.3 is 5.97 Å². The van der Waals surface area contributed by atoms with Crippen molar-refractivity contribution in [3.8, 4) is 0 Å². The van der Waals surface area contributed by atoms with Gasteiger partial charge < -0.3 is 4.74 Å². The molecule has 1 aromatic heterocycles. The molecule has 1 aromatic carbocycles. The molecule has 0 atom stereocenters. The van der Waals surface area contributed by atoms with E-state index in [-0.39, 0.29) is 22.3 Å². The molecule has 1 aliphatic heterocycles. The van der Waals surface area contributed by atoms with Gasteiger partial charge in [0.1, 0.15) is 5.02 Å². The number of aliphatic imine (C=N–C) groups is 1. The number of nitro groups is 1. The molecule has 2 aromatic rings. The number of hydrogen-bond acceptors (Lipinski definition) is 6. The van der Waals surface area contributed by atoms with E-state index in [4.69, 9.17) is 16.3 Å². The first-order valence-electron chi connectivity index (χ1n) is 6.41. The summed E-state index contributed by atoms with van der Waals surface area (Å²) in [6, 6.07) is 7.54. The Hall–Kier alpha value is -3.06. The van der Waals surface area contributed by atoms with Crippen LogP contribution >= 0.6 is 11.6 Å². The van der Waals surface area contributed by atoms with Gasteiger partial charge in [-0.05, 0) is 29.8 Å². The summed E-state index contributed by atoms with van der Waals surface area (Å²) in [5, 5.41) is 10.9. The largest absolute Gasteiger partial charge is 0.402 e. The van der Waals surface area contributed by atoms with Crippen LogP contribution in [0.5, 0.6) is 0 Å². The van der Waals surface area contributed by atoms with Gasteiger partial charge in [-0.3, -0.25) is 15.1 Å². The molecular weight excluding hydrogens is 322 g/mol. The van der Waals surface area contributed by atoms with Crippen molar-refractivity contribution in [2.24, 2.45) is 4.99 Å². The van der Waals surface area contributed by atoms with E-state index in [0.717, 1.165) is 0 Å². The third kappa shape index (κ3) is 3.09. The Morgan fingerprint density at radius 2 is 2.13 bits per heavy atom. The highest BCUT2D eigenvalue weighted by Crippen LogP contribution is 2.27. The van der Waals surface area contributed by atoms with Crippen LogP contribution in [-0.4, -0.2) is 21.8 Å². The second-order valence-corrected chi connectivity index (χ2v) is 4.95. The first-order chi connectivity index (χ1) is 11.0. The van der Waals surface area contributed by atoms with Crippen molar-refractivity contribution in [1.29, 1.82) is 0 Å². The Morgan fingerprint density at radius 3 is 2.83 bits per heavy atom. The van der Waals surface area contributed by atoms with Crippen molar-refractivity contribution < 1.29 is 14.5 Å². The molecule has 0 unspecified atom stereocenters. The number of esters is 1. The molecule has 0 bridgehead atoms. The number of carbonyl (C=O) groups is 1. The number of rotatable bonds is 3. The van der Waals surface area contributed by atoms with Gasteiger partial charge in [-0.1, -0.05) is 17.7 Å². The predicted octanol–water partition coefficient (Wildman–Crippen LogP) is 2.99. The highest BCUT2D eigenvalue weighted by atomic mass is 35.5. The van der Waals surface area contributed by atoms with Gasteiger partial charge in [0.15, 0.2) is 5.70 Å². The van der Waals surface area contributed by atoms with Crippen molar-refractivity contribution in [2.45, 2.75) is 0 Å². The topological polar surface area (TPSA) is 94.7 Å². The van der Waals surface area contributed by atoms with Crippen LogP contribution in [0, 0.1) is 10.1 Å². The lowest BCUT2D eigenvalue weighted by molar-refractivity contribution is -0.384. The molecule has 0 aliphatic carbocycles. The van der Waals surface area contributed by atoms with Crippen LogP contribution in [-0.2, 0) is 9.53 Å². The summed E-state index contributed by atoms with van der Waals surface area (Å²) in [4.78, 5) is 30.2. The van der Waals surface area contributed by atoms with Crippen LogP contribution in [0.15, 0.2) is 53.4 Å². The average molecular weight is 330 g/mol. The maximum atomic E-state index is 11.9. The van der Waals surface area contributed by atoms with Gasteiger partial charge in [-0.15, -0.1) is 0 Å². The monoisotopic (exact) mass is 329 g/mol. The van der Waals surface area contributed by atoms with Crippen LogP contribution in [0.1, 0.15) is 11.1 Å². The molecule has 0 fully saturated rings. The number of benzene rings is 1. The van der Waals surface area contributed by atoms with Crippen molar-refractivity contribution in [2.75, 3.05) is 0 Å². The summed E-state index contributed by atoms with van der Waals surface area (Å²) in [6.45, 7) is 0. The Kier molecular flexibility index (Phi) is 3.86. The van der Waals surface area contributed by atoms with E-state index < -0.39 is 10.9 Å². The molecule has 2 heterocycles. The first kappa shape index (κ1) is 14.9. The third-order valence-corrected chi connectivity index (χ3v) is 3.32. The van der Waals surface area contributed by atoms with E-state index in [1.54, 1.807) is 24.5 Å². The predicted molar refractivity (Wildman–Crippen MR) is 82.9 cm³/mol. The third-order valence-electron chi connectivity index (χ3n) is 3.00. The number of pyridine rings is 1. The molecule has 0 spiro atoms. The van der Waals surface area contributed by atoms with Gasteiger partial charge in [0, 0.05) is 24.0 Å². The number of ether oxygens (including phenoxy) is 1. The zero-order valence-electron chi connectivity index (χ0n) is 11.5. The SMILES string of the molecule is O=C1OC(c2ccc(Cl)c([N+](=O)[O-])c2)=N/C1=C/c1cccnc1. The average Bonchev–Trinajstić information content (AvgIpc) is 2.89. The minimum absolute atomic E-state index is 0.00482. The molecular formula is C15H8ClN3O4. The lowest BCUT2D eigenvalue weighted by atomic mass is 10.2. The zero-order chi connectivity index (χ0) is 16.4. The van der Waals surface area contributed by atoms with Gasteiger partial charge in [0.05, 0.1) is 4.92 Å². The molecule has 0 saturated heterocycles. The van der Waals surface area contributed by atoms with E-state index in [9.17, 15) is 14.9 Å². The maximum absolute atomic E-state index is 11.9. The zero-order valence-corrected chi connectivity index (χ0v) is 12.2. The number of hydrogen-bond donors (Lipinski definition) is 0. The van der Waals surface area contributed by atoms with E-state index >= 15 is 0 Å². The standard InChI is InChI=1S/C15H8ClN3O4/c16-11-4-3-10(7-13(11)19(21)22)14-18-12(15(20)23-14)6-9-2-1-5-17-8-9/h1-8H/b12-6+. The molecule has 0 radical (unpaired) electrons. The number of nitro benzene ring substituents is 1. The van der Waals surface area contributed by atoms with Crippen molar-refractivity contribution in [3.63, 3.8) is 0 Å². The number of carbonyl (C=O) groups excluding carboxylic acids is 1. The molecule has 8 heteroatoms. The molecule has 1 aliphatic rings. The Labute approximate surface area is 135 Å². The van der Waals surface area contributed by atoms with Crippen LogP contribution in [0.3, 0.4) is 0 Å². The molecule has 0 saturated carbocycles. The number of nitrogens with zero attached hydrogens (tertiary/aromatic N) is 3. The fourth-order valence-corrected chi connectivity index (χ4v) is 2.12. The highest BCUT2D eigenvalue weighted by Gasteiger charge is 2.26. The molecule has 23 heavy (non-hydrogen) atoms. The fraction of sp³-hybridized carbons (Fsp3) is 0. The summed E-state index contributed by atoms with van der Waals surface area (Å²) in [7, 11) is 0. The molecule has 0 amide bonds. The number of cyclic esters (lactones) is 1. The summed E-state index contributed by atoms with van der Waals surface area (Å²) >= 11 is 5.75. The van der Waals surface area contributed by atoms with Crippen LogP contribution in [0.2, 0.25) is 5.02 Å². The first-order valence-corrected chi connectivity index (χ1v) is 6.79. The summed E-state index contributed by atoms with van der Waals surface area (Å²) in [5.74, 6) is -0.647. The van der Waals surface area contributed by atoms with Crippen molar-refractivity contribution in [1.82, 2.24) is 4.98 Å². The van der Waals surface area contributed by atoms with Crippen molar-refractivity contribution in [3.05, 3.63) is 74.7 Å². The Bertz CT molecular complexity index is 862. The molecule has 114 valence electrons. The smallest absolute Gasteiger partial charge is 0.363 e. The highest BCUT2D eigenvalue weighted by molar-refractivity contribution is 6.32. The second-order valence-electron chi connectivity index (χ2n) is 4.55.